The molecule has 0 heterocycles. The zero-order valence-electron chi connectivity index (χ0n) is 17.2. The Morgan fingerprint density at radius 3 is 2.03 bits per heavy atom. The number of ether oxygens (including phenoxy) is 1. The molecular weight excluding hydrogens is 410 g/mol. The summed E-state index contributed by atoms with van der Waals surface area (Å²) in [4.78, 5) is 37.2. The third-order valence-corrected chi connectivity index (χ3v) is 4.55. The average Bonchev–Trinajstić information content (AvgIpc) is 2.82. The molecule has 0 unspecified atom stereocenters. The summed E-state index contributed by atoms with van der Waals surface area (Å²) in [6, 6.07) is 23.2. The van der Waals surface area contributed by atoms with Crippen LogP contribution in [0, 0.1) is 0 Å². The van der Waals surface area contributed by atoms with Gasteiger partial charge in [-0.3, -0.25) is 20.4 Å². The molecule has 0 aliphatic carbocycles. The zero-order chi connectivity index (χ0) is 22.8. The van der Waals surface area contributed by atoms with E-state index in [-0.39, 0.29) is 24.3 Å². The summed E-state index contributed by atoms with van der Waals surface area (Å²) in [6.45, 7) is 0.0520. The molecule has 0 aliphatic heterocycles. The van der Waals surface area contributed by atoms with E-state index in [9.17, 15) is 19.5 Å². The molecule has 0 aliphatic rings. The number of hydrazine groups is 1. The molecule has 0 aromatic heterocycles. The van der Waals surface area contributed by atoms with E-state index in [2.05, 4.69) is 16.2 Å². The van der Waals surface area contributed by atoms with Crippen LogP contribution < -0.4 is 16.2 Å². The highest BCUT2D eigenvalue weighted by atomic mass is 16.5. The first-order valence-corrected chi connectivity index (χ1v) is 9.92. The van der Waals surface area contributed by atoms with Gasteiger partial charge in [-0.2, -0.15) is 0 Å². The first-order valence-electron chi connectivity index (χ1n) is 9.92. The Labute approximate surface area is 185 Å². The van der Waals surface area contributed by atoms with Crippen molar-refractivity contribution in [2.24, 2.45) is 0 Å². The van der Waals surface area contributed by atoms with Crippen LogP contribution in [0.2, 0.25) is 0 Å². The van der Waals surface area contributed by atoms with Gasteiger partial charge in [0.2, 0.25) is 0 Å². The van der Waals surface area contributed by atoms with Crippen molar-refractivity contribution < 1.29 is 24.2 Å². The van der Waals surface area contributed by atoms with Gasteiger partial charge in [0.25, 0.3) is 11.8 Å². The van der Waals surface area contributed by atoms with Crippen LogP contribution in [0.3, 0.4) is 0 Å². The lowest BCUT2D eigenvalue weighted by Crippen LogP contribution is -2.53. The van der Waals surface area contributed by atoms with Crippen molar-refractivity contribution in [3.63, 3.8) is 0 Å². The summed E-state index contributed by atoms with van der Waals surface area (Å²) in [5.74, 6) is -1.56. The number of rotatable bonds is 7. The van der Waals surface area contributed by atoms with Crippen LogP contribution in [0.4, 0.5) is 4.79 Å². The topological polar surface area (TPSA) is 117 Å². The molecule has 32 heavy (non-hydrogen) atoms. The van der Waals surface area contributed by atoms with Crippen LogP contribution in [-0.4, -0.2) is 29.1 Å². The number of hydrogen-bond donors (Lipinski definition) is 4. The third kappa shape index (κ3) is 6.60. The zero-order valence-corrected chi connectivity index (χ0v) is 17.2. The Bertz CT molecular complexity index is 1060. The van der Waals surface area contributed by atoms with Crippen LogP contribution >= 0.6 is 0 Å². The fraction of sp³-hybridized carbons (Fsp3) is 0.125. The number of carbonyl (C=O) groups excluding carboxylic acids is 3. The molecule has 3 rings (SSSR count). The van der Waals surface area contributed by atoms with Crippen molar-refractivity contribution in [3.05, 3.63) is 102 Å². The van der Waals surface area contributed by atoms with E-state index in [0.717, 1.165) is 11.1 Å². The minimum absolute atomic E-state index is 0.00244. The molecule has 0 radical (unpaired) electrons. The summed E-state index contributed by atoms with van der Waals surface area (Å²) in [6.07, 6.45) is -0.587. The van der Waals surface area contributed by atoms with Crippen LogP contribution in [0.25, 0.3) is 0 Å². The summed E-state index contributed by atoms with van der Waals surface area (Å²) < 4.78 is 5.21. The van der Waals surface area contributed by atoms with Gasteiger partial charge in [-0.15, -0.1) is 0 Å². The van der Waals surface area contributed by atoms with Gasteiger partial charge < -0.3 is 15.2 Å². The molecule has 3 amide bonds. The van der Waals surface area contributed by atoms with Gasteiger partial charge in [-0.1, -0.05) is 72.8 Å². The van der Waals surface area contributed by atoms with Gasteiger partial charge in [-0.05, 0) is 23.3 Å². The molecule has 8 nitrogen and oxygen atoms in total. The van der Waals surface area contributed by atoms with Crippen LogP contribution in [0.15, 0.2) is 84.9 Å². The second-order valence-electron chi connectivity index (χ2n) is 6.91. The quantitative estimate of drug-likeness (QED) is 0.428. The van der Waals surface area contributed by atoms with Gasteiger partial charge in [0.15, 0.2) is 0 Å². The van der Waals surface area contributed by atoms with E-state index in [0.29, 0.717) is 0 Å². The van der Waals surface area contributed by atoms with E-state index in [1.54, 1.807) is 12.1 Å². The second kappa shape index (κ2) is 11.2. The van der Waals surface area contributed by atoms with E-state index in [4.69, 9.17) is 4.74 Å². The summed E-state index contributed by atoms with van der Waals surface area (Å²) in [5, 5.41) is 12.3. The highest BCUT2D eigenvalue weighted by Gasteiger charge is 2.23. The van der Waals surface area contributed by atoms with E-state index < -0.39 is 23.9 Å². The molecule has 1 atom stereocenters. The number of carbonyl (C=O) groups is 3. The molecule has 164 valence electrons. The van der Waals surface area contributed by atoms with Crippen molar-refractivity contribution in [2.45, 2.75) is 19.1 Å². The molecule has 0 saturated heterocycles. The molecule has 0 fully saturated rings. The molecule has 0 bridgehead atoms. The van der Waals surface area contributed by atoms with Gasteiger partial charge >= 0.3 is 6.09 Å². The normalized spacial score (nSPS) is 11.1. The van der Waals surface area contributed by atoms with Crippen molar-refractivity contribution in [1.82, 2.24) is 16.2 Å². The second-order valence-corrected chi connectivity index (χ2v) is 6.91. The maximum Gasteiger partial charge on any atom is 0.408 e. The number of amides is 3. The number of phenolic OH excluding ortho intramolecular Hbond substituents is 1. The van der Waals surface area contributed by atoms with Gasteiger partial charge in [0.1, 0.15) is 18.4 Å². The Morgan fingerprint density at radius 2 is 1.38 bits per heavy atom. The molecule has 0 saturated carbocycles. The molecule has 0 spiro atoms. The lowest BCUT2D eigenvalue weighted by molar-refractivity contribution is -0.123. The lowest BCUT2D eigenvalue weighted by Gasteiger charge is -2.19. The summed E-state index contributed by atoms with van der Waals surface area (Å²) in [5.41, 5.74) is 6.15. The van der Waals surface area contributed by atoms with Crippen molar-refractivity contribution in [1.29, 1.82) is 0 Å². The van der Waals surface area contributed by atoms with Gasteiger partial charge in [-0.25, -0.2) is 4.79 Å². The number of aromatic hydroxyl groups is 1. The highest BCUT2D eigenvalue weighted by Crippen LogP contribution is 2.14. The number of para-hydroxylation sites is 1. The van der Waals surface area contributed by atoms with Crippen LogP contribution in [0.1, 0.15) is 21.5 Å². The molecule has 3 aromatic carbocycles. The Kier molecular flexibility index (Phi) is 7.80. The number of phenols is 1. The molecule has 8 heteroatoms. The van der Waals surface area contributed by atoms with Gasteiger partial charge in [0.05, 0.1) is 5.56 Å². The largest absolute Gasteiger partial charge is 0.507 e. The maximum atomic E-state index is 12.7. The highest BCUT2D eigenvalue weighted by molar-refractivity contribution is 5.98. The Balaban J connectivity index is 1.62. The number of hydrogen-bond acceptors (Lipinski definition) is 5. The minimum Gasteiger partial charge on any atom is -0.507 e. The summed E-state index contributed by atoms with van der Waals surface area (Å²) in [7, 11) is 0. The van der Waals surface area contributed by atoms with E-state index in [1.165, 1.54) is 12.1 Å². The maximum absolute atomic E-state index is 12.7. The monoisotopic (exact) mass is 433 g/mol. The van der Waals surface area contributed by atoms with Crippen LogP contribution in [0.5, 0.6) is 5.75 Å². The summed E-state index contributed by atoms with van der Waals surface area (Å²) >= 11 is 0. The first kappa shape index (κ1) is 22.4. The molecular formula is C24H23N3O5. The lowest BCUT2D eigenvalue weighted by atomic mass is 10.1. The minimum atomic E-state index is -1.01. The predicted octanol–water partition coefficient (Wildman–Crippen LogP) is 2.69. The predicted molar refractivity (Wildman–Crippen MR) is 117 cm³/mol. The van der Waals surface area contributed by atoms with Gasteiger partial charge in [0, 0.05) is 6.42 Å². The van der Waals surface area contributed by atoms with E-state index in [1.807, 2.05) is 60.7 Å². The van der Waals surface area contributed by atoms with E-state index >= 15 is 0 Å². The fourth-order valence-corrected chi connectivity index (χ4v) is 2.90. The SMILES string of the molecule is O=C(N[C@H](Cc1ccccc1)C(=O)NNC(=O)c1ccccc1O)OCc1ccccc1. The standard InChI is InChI=1S/C24H23N3O5/c28-21-14-8-7-13-19(21)22(29)26-27-23(30)20(15-17-9-3-1-4-10-17)25-24(31)32-16-18-11-5-2-6-12-18/h1-14,20,28H,15-16H2,(H,25,31)(H,26,29)(H,27,30)/t20-/m1/s1. The first-order chi connectivity index (χ1) is 15.5. The molecule has 3 aromatic rings. The van der Waals surface area contributed by atoms with Crippen LogP contribution in [-0.2, 0) is 22.6 Å². The number of benzene rings is 3. The van der Waals surface area contributed by atoms with Crippen molar-refractivity contribution >= 4 is 17.9 Å². The van der Waals surface area contributed by atoms with Crippen molar-refractivity contribution in [3.8, 4) is 5.75 Å². The number of alkyl carbamates (subject to hydrolysis) is 1. The number of nitrogens with one attached hydrogen (secondary N) is 3. The Morgan fingerprint density at radius 1 is 0.781 bits per heavy atom. The Hall–Kier alpha value is -4.33. The molecule has 4 N–H and O–H groups in total. The van der Waals surface area contributed by atoms with Crippen molar-refractivity contribution in [2.75, 3.05) is 0 Å². The average molecular weight is 433 g/mol. The fourth-order valence-electron chi connectivity index (χ4n) is 2.90. The smallest absolute Gasteiger partial charge is 0.408 e. The third-order valence-electron chi connectivity index (χ3n) is 4.55.